The molecule has 5 aliphatic rings. The van der Waals surface area contributed by atoms with E-state index in [4.69, 9.17) is 4.74 Å². The number of allylic oxidation sites excluding steroid dienone is 5. The Kier molecular flexibility index (Phi) is 6.11. The second-order valence-electron chi connectivity index (χ2n) is 12.8. The number of carbonyl (C=O) groups is 4. The summed E-state index contributed by atoms with van der Waals surface area (Å²) in [4.78, 5) is 58.0. The summed E-state index contributed by atoms with van der Waals surface area (Å²) >= 11 is 0. The number of Topliss-reactive ketones (excluding diaryl/α,β-unsaturated/α-hetero) is 1. The SMILES string of the molecule is CN1C(=O)[C@H]2[C@H](CC=C3[C@H](C4=COc5ccc(O)cc5C4)[C@]4(c5ccccc5)C(=O)C=C(c5ccccc5)C(=O)[C@@H]4C[C@H]32)C1=O. The van der Waals surface area contributed by atoms with Crippen molar-refractivity contribution in [1.82, 2.24) is 4.90 Å². The van der Waals surface area contributed by atoms with E-state index in [0.29, 0.717) is 29.7 Å². The summed E-state index contributed by atoms with van der Waals surface area (Å²) in [6.45, 7) is 0. The Hall–Kier alpha value is -5.04. The fourth-order valence-electron chi connectivity index (χ4n) is 8.85. The van der Waals surface area contributed by atoms with Crippen molar-refractivity contribution in [3.8, 4) is 11.5 Å². The molecule has 0 aromatic heterocycles. The first-order valence-corrected chi connectivity index (χ1v) is 15.4. The molecule has 45 heavy (non-hydrogen) atoms. The number of amides is 2. The average Bonchev–Trinajstić information content (AvgIpc) is 3.29. The molecule has 1 N–H and O–H groups in total. The third-order valence-corrected chi connectivity index (χ3v) is 10.7. The minimum Gasteiger partial charge on any atom is -0.508 e. The van der Waals surface area contributed by atoms with Gasteiger partial charge in [0.15, 0.2) is 11.6 Å². The molecule has 8 rings (SSSR count). The van der Waals surface area contributed by atoms with Crippen molar-refractivity contribution < 1.29 is 29.0 Å². The van der Waals surface area contributed by atoms with Crippen LogP contribution in [0.2, 0.25) is 0 Å². The Morgan fingerprint density at radius 1 is 0.889 bits per heavy atom. The van der Waals surface area contributed by atoms with Crippen LogP contribution >= 0.6 is 0 Å². The lowest BCUT2D eigenvalue weighted by Gasteiger charge is -2.56. The highest BCUT2D eigenvalue weighted by Crippen LogP contribution is 2.62. The van der Waals surface area contributed by atoms with E-state index in [-0.39, 0.29) is 35.6 Å². The summed E-state index contributed by atoms with van der Waals surface area (Å²) in [5.74, 6) is -2.93. The average molecular weight is 598 g/mol. The van der Waals surface area contributed by atoms with Crippen molar-refractivity contribution >= 4 is 29.0 Å². The first-order valence-electron chi connectivity index (χ1n) is 15.4. The van der Waals surface area contributed by atoms with Gasteiger partial charge in [-0.3, -0.25) is 24.1 Å². The van der Waals surface area contributed by atoms with Gasteiger partial charge in [-0.1, -0.05) is 72.3 Å². The van der Waals surface area contributed by atoms with E-state index in [9.17, 15) is 19.5 Å². The number of phenols is 1. The molecular formula is C38H31NO6. The summed E-state index contributed by atoms with van der Waals surface area (Å²) in [6, 6.07) is 23.7. The number of nitrogens with zero attached hydrogens (tertiary/aromatic N) is 1. The predicted molar refractivity (Wildman–Crippen MR) is 166 cm³/mol. The number of rotatable bonds is 3. The second kappa shape index (κ2) is 9.99. The van der Waals surface area contributed by atoms with Crippen LogP contribution in [0.3, 0.4) is 0 Å². The standard InChI is InChI=1S/C38H31NO6/c1-39-36(43)27-14-13-26-29(33(27)37(39)44)18-30-35(42)28(21-8-4-2-5-9-21)19-32(41)38(30,24-10-6-3-7-11-24)34(26)23-16-22-17-25(40)12-15-31(22)45-20-23/h2-13,15,17,19-20,27,29-30,33-34,40H,14,16,18H2,1H3/t27-,29+,30-,33-,34-,38-/m0/s1. The molecule has 3 aliphatic carbocycles. The van der Waals surface area contributed by atoms with Crippen LogP contribution < -0.4 is 4.74 Å². The van der Waals surface area contributed by atoms with Gasteiger partial charge in [0.05, 0.1) is 23.5 Å². The highest BCUT2D eigenvalue weighted by molar-refractivity contribution is 6.31. The Morgan fingerprint density at radius 2 is 1.62 bits per heavy atom. The Balaban J connectivity index is 1.38. The number of benzene rings is 3. The van der Waals surface area contributed by atoms with Gasteiger partial charge in [0.2, 0.25) is 11.8 Å². The number of aromatic hydroxyl groups is 1. The van der Waals surface area contributed by atoms with E-state index in [1.54, 1.807) is 24.5 Å². The van der Waals surface area contributed by atoms with Gasteiger partial charge >= 0.3 is 0 Å². The molecule has 3 aromatic carbocycles. The third-order valence-electron chi connectivity index (χ3n) is 10.7. The maximum Gasteiger partial charge on any atom is 0.233 e. The third kappa shape index (κ3) is 3.82. The number of ketones is 2. The molecule has 1 saturated carbocycles. The summed E-state index contributed by atoms with van der Waals surface area (Å²) < 4.78 is 6.14. The van der Waals surface area contributed by atoms with Crippen LogP contribution in [-0.4, -0.2) is 40.4 Å². The summed E-state index contributed by atoms with van der Waals surface area (Å²) in [6.07, 6.45) is 6.29. The minimum atomic E-state index is -1.30. The van der Waals surface area contributed by atoms with Crippen LogP contribution in [0.25, 0.3) is 5.57 Å². The minimum absolute atomic E-state index is 0.105. The van der Waals surface area contributed by atoms with Gasteiger partial charge in [0.25, 0.3) is 0 Å². The first-order chi connectivity index (χ1) is 21.8. The number of ether oxygens (including phenoxy) is 1. The van der Waals surface area contributed by atoms with E-state index in [0.717, 1.165) is 22.3 Å². The molecular weight excluding hydrogens is 566 g/mol. The Morgan fingerprint density at radius 3 is 2.38 bits per heavy atom. The zero-order valence-electron chi connectivity index (χ0n) is 24.7. The van der Waals surface area contributed by atoms with Gasteiger partial charge in [-0.2, -0.15) is 0 Å². The normalized spacial score (nSPS) is 30.3. The topological polar surface area (TPSA) is 101 Å². The molecule has 7 heteroatoms. The molecule has 2 fully saturated rings. The largest absolute Gasteiger partial charge is 0.508 e. The first kappa shape index (κ1) is 27.5. The lowest BCUT2D eigenvalue weighted by atomic mass is 9.44. The molecule has 0 bridgehead atoms. The smallest absolute Gasteiger partial charge is 0.233 e. The van der Waals surface area contributed by atoms with Crippen LogP contribution in [0, 0.1) is 29.6 Å². The quantitative estimate of drug-likeness (QED) is 0.329. The summed E-state index contributed by atoms with van der Waals surface area (Å²) in [5, 5.41) is 10.3. The molecule has 0 spiro atoms. The summed E-state index contributed by atoms with van der Waals surface area (Å²) in [5.41, 5.74) is 2.94. The number of carbonyl (C=O) groups excluding carboxylic acids is 4. The van der Waals surface area contributed by atoms with Crippen molar-refractivity contribution in [2.24, 2.45) is 29.6 Å². The molecule has 2 amide bonds. The van der Waals surface area contributed by atoms with Gasteiger partial charge in [-0.05, 0) is 59.7 Å². The van der Waals surface area contributed by atoms with Crippen LogP contribution in [0.5, 0.6) is 11.5 Å². The lowest BCUT2D eigenvalue weighted by molar-refractivity contribution is -0.139. The number of hydrogen-bond donors (Lipinski definition) is 1. The number of imide groups is 1. The zero-order valence-corrected chi connectivity index (χ0v) is 24.7. The number of likely N-dealkylation sites (tertiary alicyclic amines) is 1. The lowest BCUT2D eigenvalue weighted by Crippen LogP contribution is -2.60. The van der Waals surface area contributed by atoms with Gasteiger partial charge in [-0.15, -0.1) is 0 Å². The van der Waals surface area contributed by atoms with Crippen molar-refractivity contribution in [3.63, 3.8) is 0 Å². The Labute approximate surface area is 260 Å². The van der Waals surface area contributed by atoms with Gasteiger partial charge in [-0.25, -0.2) is 0 Å². The molecule has 0 unspecified atom stereocenters. The molecule has 224 valence electrons. The molecule has 7 nitrogen and oxygen atoms in total. The highest BCUT2D eigenvalue weighted by atomic mass is 16.5. The molecule has 3 aromatic rings. The van der Waals surface area contributed by atoms with Crippen molar-refractivity contribution in [2.75, 3.05) is 7.05 Å². The van der Waals surface area contributed by atoms with E-state index >= 15 is 4.79 Å². The maximum absolute atomic E-state index is 15.0. The predicted octanol–water partition coefficient (Wildman–Crippen LogP) is 5.20. The van der Waals surface area contributed by atoms with Crippen LogP contribution in [0.15, 0.2) is 108 Å². The highest BCUT2D eigenvalue weighted by Gasteiger charge is 2.66. The number of phenolic OH excluding ortho intramolecular Hbond substituents is 1. The van der Waals surface area contributed by atoms with Crippen LogP contribution in [-0.2, 0) is 31.0 Å². The fraction of sp³-hybridized carbons (Fsp3) is 0.263. The number of hydrogen-bond acceptors (Lipinski definition) is 6. The number of fused-ring (bicyclic) bond motifs is 5. The van der Waals surface area contributed by atoms with Crippen molar-refractivity contribution in [3.05, 3.63) is 125 Å². The second-order valence-corrected chi connectivity index (χ2v) is 12.8. The van der Waals surface area contributed by atoms with E-state index in [1.807, 2.05) is 60.7 Å². The molecule has 0 radical (unpaired) electrons. The van der Waals surface area contributed by atoms with Crippen molar-refractivity contribution in [2.45, 2.75) is 24.7 Å². The van der Waals surface area contributed by atoms with Gasteiger partial charge in [0.1, 0.15) is 11.5 Å². The molecule has 2 heterocycles. The van der Waals surface area contributed by atoms with E-state index < -0.39 is 35.0 Å². The zero-order chi connectivity index (χ0) is 31.0. The maximum atomic E-state index is 15.0. The van der Waals surface area contributed by atoms with Gasteiger partial charge in [0, 0.05) is 36.4 Å². The van der Waals surface area contributed by atoms with E-state index in [1.165, 1.54) is 18.0 Å². The molecule has 1 saturated heterocycles. The van der Waals surface area contributed by atoms with Gasteiger partial charge < -0.3 is 9.84 Å². The monoisotopic (exact) mass is 597 g/mol. The van der Waals surface area contributed by atoms with Crippen molar-refractivity contribution in [1.29, 1.82) is 0 Å². The van der Waals surface area contributed by atoms with Crippen LogP contribution in [0.4, 0.5) is 0 Å². The molecule has 6 atom stereocenters. The van der Waals surface area contributed by atoms with Crippen LogP contribution in [0.1, 0.15) is 29.5 Å². The Bertz CT molecular complexity index is 1890. The fourth-order valence-corrected chi connectivity index (χ4v) is 8.85. The molecule has 2 aliphatic heterocycles. The summed E-state index contributed by atoms with van der Waals surface area (Å²) in [7, 11) is 1.53. The van der Waals surface area contributed by atoms with E-state index in [2.05, 4.69) is 6.08 Å².